The van der Waals surface area contributed by atoms with Gasteiger partial charge in [-0.15, -0.1) is 0 Å². The zero-order chi connectivity index (χ0) is 13.0. The summed E-state index contributed by atoms with van der Waals surface area (Å²) in [6.07, 6.45) is 9.02. The number of aryl methyl sites for hydroxylation is 1. The smallest absolute Gasteiger partial charge is 0.336 e. The Labute approximate surface area is 107 Å². The van der Waals surface area contributed by atoms with Gasteiger partial charge in [0.25, 0.3) is 0 Å². The minimum absolute atomic E-state index is 0.280. The molecule has 2 rings (SSSR count). The van der Waals surface area contributed by atoms with Gasteiger partial charge in [-0.2, -0.15) is 0 Å². The number of ether oxygens (including phenoxy) is 1. The summed E-state index contributed by atoms with van der Waals surface area (Å²) in [6.45, 7) is 1.90. The van der Waals surface area contributed by atoms with E-state index in [1.165, 1.54) is 6.07 Å². The van der Waals surface area contributed by atoms with Gasteiger partial charge in [-0.05, 0) is 56.2 Å². The molecule has 0 bridgehead atoms. The predicted molar refractivity (Wildman–Crippen MR) is 71.5 cm³/mol. The maximum atomic E-state index is 11.2. The average molecular weight is 248 g/mol. The summed E-state index contributed by atoms with van der Waals surface area (Å²) < 4.78 is 10.5. The second-order valence-corrected chi connectivity index (χ2v) is 4.99. The van der Waals surface area contributed by atoms with Crippen molar-refractivity contribution in [2.24, 2.45) is 5.92 Å². The van der Waals surface area contributed by atoms with Crippen molar-refractivity contribution >= 4 is 6.08 Å². The van der Waals surface area contributed by atoms with Crippen molar-refractivity contribution in [3.8, 4) is 0 Å². The summed E-state index contributed by atoms with van der Waals surface area (Å²) in [4.78, 5) is 11.2. The third-order valence-electron chi connectivity index (χ3n) is 3.52. The zero-order valence-electron chi connectivity index (χ0n) is 11.0. The summed E-state index contributed by atoms with van der Waals surface area (Å²) in [6, 6.07) is 3.39. The highest BCUT2D eigenvalue weighted by molar-refractivity contribution is 5.43. The van der Waals surface area contributed by atoms with Crippen molar-refractivity contribution in [1.29, 1.82) is 0 Å². The van der Waals surface area contributed by atoms with E-state index in [1.807, 2.05) is 19.1 Å². The minimum Gasteiger partial charge on any atom is -0.423 e. The highest BCUT2D eigenvalue weighted by Crippen LogP contribution is 2.27. The highest BCUT2D eigenvalue weighted by Gasteiger charge is 2.18. The molecule has 1 aromatic rings. The molecule has 1 saturated carbocycles. The van der Waals surface area contributed by atoms with Gasteiger partial charge in [0, 0.05) is 13.2 Å². The number of methoxy groups -OCH3 is 1. The van der Waals surface area contributed by atoms with E-state index >= 15 is 0 Å². The van der Waals surface area contributed by atoms with E-state index < -0.39 is 0 Å². The molecule has 1 aromatic heterocycles. The van der Waals surface area contributed by atoms with Crippen LogP contribution >= 0.6 is 0 Å². The van der Waals surface area contributed by atoms with Crippen LogP contribution in [0.3, 0.4) is 0 Å². The average Bonchev–Trinajstić information content (AvgIpc) is 2.36. The van der Waals surface area contributed by atoms with E-state index in [9.17, 15) is 4.79 Å². The van der Waals surface area contributed by atoms with E-state index in [-0.39, 0.29) is 5.63 Å². The normalized spacial score (nSPS) is 24.6. The topological polar surface area (TPSA) is 39.4 Å². The molecule has 3 nitrogen and oxygen atoms in total. The van der Waals surface area contributed by atoms with Crippen LogP contribution < -0.4 is 5.63 Å². The molecule has 98 valence electrons. The van der Waals surface area contributed by atoms with Crippen molar-refractivity contribution in [1.82, 2.24) is 0 Å². The lowest BCUT2D eigenvalue weighted by molar-refractivity contribution is 0.0627. The fraction of sp³-hybridized carbons (Fsp3) is 0.533. The number of hydrogen-bond acceptors (Lipinski definition) is 3. The van der Waals surface area contributed by atoms with Crippen LogP contribution in [0.15, 0.2) is 27.4 Å². The summed E-state index contributed by atoms with van der Waals surface area (Å²) in [5.74, 6) is 1.22. The van der Waals surface area contributed by atoms with Gasteiger partial charge >= 0.3 is 5.63 Å². The zero-order valence-corrected chi connectivity index (χ0v) is 11.0. The van der Waals surface area contributed by atoms with Crippen molar-refractivity contribution in [2.45, 2.75) is 38.7 Å². The van der Waals surface area contributed by atoms with Crippen LogP contribution in [0.4, 0.5) is 0 Å². The van der Waals surface area contributed by atoms with Crippen LogP contribution in [0.1, 0.15) is 37.0 Å². The Morgan fingerprint density at radius 2 is 2.00 bits per heavy atom. The lowest BCUT2D eigenvalue weighted by atomic mass is 9.87. The Hall–Kier alpha value is -1.35. The molecule has 0 N–H and O–H groups in total. The van der Waals surface area contributed by atoms with E-state index in [0.29, 0.717) is 17.8 Å². The second kappa shape index (κ2) is 6.01. The Bertz CT molecular complexity index is 465. The van der Waals surface area contributed by atoms with Crippen molar-refractivity contribution in [3.63, 3.8) is 0 Å². The Morgan fingerprint density at radius 3 is 2.61 bits per heavy atom. The molecule has 0 aliphatic heterocycles. The molecule has 0 radical (unpaired) electrons. The van der Waals surface area contributed by atoms with Crippen molar-refractivity contribution in [3.05, 3.63) is 40.0 Å². The van der Waals surface area contributed by atoms with Crippen LogP contribution in [0.25, 0.3) is 6.08 Å². The number of rotatable bonds is 3. The maximum absolute atomic E-state index is 11.2. The molecular formula is C15H20O3. The Balaban J connectivity index is 1.97. The van der Waals surface area contributed by atoms with Crippen LogP contribution in [-0.4, -0.2) is 13.2 Å². The summed E-state index contributed by atoms with van der Waals surface area (Å²) in [7, 11) is 1.78. The second-order valence-electron chi connectivity index (χ2n) is 4.99. The van der Waals surface area contributed by atoms with Crippen LogP contribution in [0, 0.1) is 12.8 Å². The molecule has 1 heterocycles. The fourth-order valence-electron chi connectivity index (χ4n) is 2.46. The summed E-state index contributed by atoms with van der Waals surface area (Å²) in [5, 5.41) is 0. The monoisotopic (exact) mass is 248 g/mol. The third kappa shape index (κ3) is 3.57. The molecule has 0 saturated heterocycles. The van der Waals surface area contributed by atoms with E-state index in [2.05, 4.69) is 6.08 Å². The van der Waals surface area contributed by atoms with Crippen LogP contribution in [-0.2, 0) is 4.74 Å². The van der Waals surface area contributed by atoms with E-state index in [4.69, 9.17) is 9.15 Å². The van der Waals surface area contributed by atoms with Gasteiger partial charge in [-0.3, -0.25) is 0 Å². The molecule has 1 aliphatic carbocycles. The fourth-order valence-corrected chi connectivity index (χ4v) is 2.46. The quantitative estimate of drug-likeness (QED) is 0.824. The lowest BCUT2D eigenvalue weighted by Crippen LogP contribution is -2.19. The van der Waals surface area contributed by atoms with E-state index in [0.717, 1.165) is 31.2 Å². The number of allylic oxidation sites excluding steroid dienone is 1. The van der Waals surface area contributed by atoms with Crippen molar-refractivity contribution < 1.29 is 9.15 Å². The van der Waals surface area contributed by atoms with Crippen molar-refractivity contribution in [2.75, 3.05) is 7.11 Å². The van der Waals surface area contributed by atoms with Gasteiger partial charge in [-0.25, -0.2) is 4.79 Å². The minimum atomic E-state index is -0.280. The summed E-state index contributed by atoms with van der Waals surface area (Å²) >= 11 is 0. The third-order valence-corrected chi connectivity index (χ3v) is 3.52. The standard InChI is InChI=1S/C15H20O3/c1-11-9-14(18-15(16)10-11)8-5-12-3-6-13(17-2)7-4-12/h5,8-10,12-13H,3-4,6-7H2,1-2H3/b8-5+. The molecule has 0 spiro atoms. The molecule has 0 aromatic carbocycles. The molecule has 0 amide bonds. The van der Waals surface area contributed by atoms with Gasteiger partial charge in [0.2, 0.25) is 0 Å². The van der Waals surface area contributed by atoms with Crippen LogP contribution in [0.5, 0.6) is 0 Å². The van der Waals surface area contributed by atoms with Gasteiger partial charge in [0.05, 0.1) is 6.10 Å². The van der Waals surface area contributed by atoms with Gasteiger partial charge in [0.15, 0.2) is 0 Å². The first-order valence-corrected chi connectivity index (χ1v) is 6.50. The van der Waals surface area contributed by atoms with Gasteiger partial charge < -0.3 is 9.15 Å². The Morgan fingerprint density at radius 1 is 1.28 bits per heavy atom. The molecule has 0 unspecified atom stereocenters. The predicted octanol–water partition coefficient (Wildman–Crippen LogP) is 3.17. The lowest BCUT2D eigenvalue weighted by Gasteiger charge is -2.25. The van der Waals surface area contributed by atoms with E-state index in [1.54, 1.807) is 7.11 Å². The first kappa shape index (κ1) is 13.1. The first-order chi connectivity index (χ1) is 8.67. The van der Waals surface area contributed by atoms with Crippen LogP contribution in [0.2, 0.25) is 0 Å². The molecule has 3 heteroatoms. The van der Waals surface area contributed by atoms with Gasteiger partial charge in [0.1, 0.15) is 5.76 Å². The maximum Gasteiger partial charge on any atom is 0.336 e. The molecule has 18 heavy (non-hydrogen) atoms. The summed E-state index contributed by atoms with van der Waals surface area (Å²) in [5.41, 5.74) is 0.659. The SMILES string of the molecule is COC1CCC(/C=C/c2cc(C)cc(=O)o2)CC1. The van der Waals surface area contributed by atoms with Gasteiger partial charge in [-0.1, -0.05) is 6.08 Å². The molecule has 0 atom stereocenters. The molecular weight excluding hydrogens is 228 g/mol. The molecule has 1 fully saturated rings. The largest absolute Gasteiger partial charge is 0.423 e. The first-order valence-electron chi connectivity index (χ1n) is 6.50. The number of hydrogen-bond donors (Lipinski definition) is 0. The highest BCUT2D eigenvalue weighted by atomic mass is 16.5. The molecule has 1 aliphatic rings. The Kier molecular flexibility index (Phi) is 4.37.